The molecule has 2 atom stereocenters. The number of benzene rings is 2. The first kappa shape index (κ1) is 40.5. The number of hydrogen-bond donors (Lipinski definition) is 6. The molecule has 0 spiro atoms. The van der Waals surface area contributed by atoms with E-state index in [2.05, 4.69) is 30.9 Å². The number of aryl methyl sites for hydroxylation is 1. The Hall–Kier alpha value is -5.67. The number of carbonyl (C=O) groups excluding carboxylic acids is 4. The lowest BCUT2D eigenvalue weighted by Crippen LogP contribution is -2.48. The molecule has 16 heteroatoms. The summed E-state index contributed by atoms with van der Waals surface area (Å²) in [5.74, 6) is -1.79. The van der Waals surface area contributed by atoms with Gasteiger partial charge in [0.25, 0.3) is 5.91 Å². The van der Waals surface area contributed by atoms with Gasteiger partial charge in [0.1, 0.15) is 23.4 Å². The number of carbonyl (C=O) groups is 4. The van der Waals surface area contributed by atoms with E-state index in [9.17, 15) is 37.1 Å². The second-order valence-corrected chi connectivity index (χ2v) is 15.0. The lowest BCUT2D eigenvalue weighted by atomic mass is 9.81. The largest absolute Gasteiger partial charge is 0.444 e. The van der Waals surface area contributed by atoms with Crippen LogP contribution in [-0.2, 0) is 20.7 Å². The fourth-order valence-electron chi connectivity index (χ4n) is 6.41. The Morgan fingerprint density at radius 3 is 2.22 bits per heavy atom. The van der Waals surface area contributed by atoms with Crippen molar-refractivity contribution in [2.45, 2.75) is 90.6 Å². The van der Waals surface area contributed by atoms with Gasteiger partial charge in [-0.2, -0.15) is 13.2 Å². The number of rotatable bonds is 11. The van der Waals surface area contributed by atoms with Gasteiger partial charge in [-0.25, -0.2) is 14.6 Å². The molecule has 2 heterocycles. The maximum absolute atomic E-state index is 13.8. The smallest absolute Gasteiger partial charge is 0.408 e. The molecule has 0 bridgehead atoms. The lowest BCUT2D eigenvalue weighted by molar-refractivity contribution is -0.149. The molecule has 55 heavy (non-hydrogen) atoms. The zero-order valence-corrected chi connectivity index (χ0v) is 31.3. The number of nitrogens with one attached hydrogen (secondary N) is 6. The number of ether oxygens (including phenoxy) is 1. The molecule has 1 aliphatic carbocycles. The van der Waals surface area contributed by atoms with Crippen LogP contribution in [0.15, 0.2) is 59.4 Å². The van der Waals surface area contributed by atoms with Crippen molar-refractivity contribution in [3.8, 4) is 11.1 Å². The molecular weight excluding hydrogens is 719 g/mol. The van der Waals surface area contributed by atoms with Gasteiger partial charge in [-0.05, 0) is 102 Å². The number of aromatic nitrogens is 3. The lowest BCUT2D eigenvalue weighted by Gasteiger charge is -2.29. The Balaban J connectivity index is 1.26. The number of alkyl halides is 3. The van der Waals surface area contributed by atoms with Gasteiger partial charge in [-0.15, -0.1) is 0 Å². The molecule has 0 saturated heterocycles. The number of alkyl carbamates (subject to hydrolysis) is 1. The normalized spacial score (nSPS) is 17.2. The highest BCUT2D eigenvalue weighted by molar-refractivity contribution is 5.99. The van der Waals surface area contributed by atoms with Crippen LogP contribution < -0.4 is 27.0 Å². The summed E-state index contributed by atoms with van der Waals surface area (Å²) < 4.78 is 44.1. The van der Waals surface area contributed by atoms with Crippen LogP contribution >= 0.6 is 0 Å². The fraction of sp³-hybridized carbons (Fsp3) is 0.436. The van der Waals surface area contributed by atoms with E-state index < -0.39 is 41.8 Å². The average Bonchev–Trinajstić information content (AvgIpc) is 3.49. The summed E-state index contributed by atoms with van der Waals surface area (Å²) in [5.41, 5.74) is 2.91. The first-order valence-electron chi connectivity index (χ1n) is 18.1. The predicted molar refractivity (Wildman–Crippen MR) is 200 cm³/mol. The molecule has 0 radical (unpaired) electrons. The summed E-state index contributed by atoms with van der Waals surface area (Å²) in [5, 5.41) is 10.5. The molecule has 5 rings (SSSR count). The first-order valence-corrected chi connectivity index (χ1v) is 18.1. The van der Waals surface area contributed by atoms with E-state index in [1.165, 1.54) is 6.07 Å². The van der Waals surface area contributed by atoms with E-state index in [1.807, 2.05) is 5.32 Å². The average molecular weight is 766 g/mol. The van der Waals surface area contributed by atoms with Gasteiger partial charge in [0.05, 0.1) is 11.0 Å². The van der Waals surface area contributed by atoms with Gasteiger partial charge in [-0.1, -0.05) is 30.3 Å². The van der Waals surface area contributed by atoms with E-state index in [4.69, 9.17) is 4.74 Å². The Bertz CT molecular complexity index is 2080. The monoisotopic (exact) mass is 765 g/mol. The molecule has 13 nitrogen and oxygen atoms in total. The topological polar surface area (TPSA) is 187 Å². The number of hydrogen-bond acceptors (Lipinski definition) is 7. The fourth-order valence-corrected chi connectivity index (χ4v) is 6.41. The number of halogens is 3. The van der Waals surface area contributed by atoms with Crippen molar-refractivity contribution < 1.29 is 37.1 Å². The van der Waals surface area contributed by atoms with Gasteiger partial charge in [0, 0.05) is 35.8 Å². The molecule has 2 aromatic carbocycles. The number of imidazole rings is 1. The maximum atomic E-state index is 13.8. The van der Waals surface area contributed by atoms with Crippen LogP contribution in [0.1, 0.15) is 75.1 Å². The van der Waals surface area contributed by atoms with Gasteiger partial charge in [0.15, 0.2) is 0 Å². The van der Waals surface area contributed by atoms with Crippen molar-refractivity contribution in [1.29, 1.82) is 0 Å². The van der Waals surface area contributed by atoms with Crippen LogP contribution in [0.25, 0.3) is 22.2 Å². The molecule has 1 unspecified atom stereocenters. The summed E-state index contributed by atoms with van der Waals surface area (Å²) in [7, 11) is 0. The third-order valence-corrected chi connectivity index (χ3v) is 9.43. The molecule has 0 aliphatic heterocycles. The molecule has 294 valence electrons. The van der Waals surface area contributed by atoms with Crippen molar-refractivity contribution in [1.82, 2.24) is 30.9 Å². The van der Waals surface area contributed by atoms with Crippen LogP contribution in [0.4, 0.5) is 23.7 Å². The molecule has 4 aromatic rings. The summed E-state index contributed by atoms with van der Waals surface area (Å²) in [4.78, 5) is 73.2. The second-order valence-electron chi connectivity index (χ2n) is 15.0. The highest BCUT2D eigenvalue weighted by Gasteiger charge is 2.37. The van der Waals surface area contributed by atoms with Crippen LogP contribution in [-0.4, -0.2) is 69.2 Å². The summed E-state index contributed by atoms with van der Waals surface area (Å²) >= 11 is 0. The van der Waals surface area contributed by atoms with E-state index >= 15 is 0 Å². The predicted octanol–water partition coefficient (Wildman–Crippen LogP) is 5.90. The van der Waals surface area contributed by atoms with E-state index in [1.54, 1.807) is 76.2 Å². The van der Waals surface area contributed by atoms with Crippen molar-refractivity contribution in [3.63, 3.8) is 0 Å². The minimum Gasteiger partial charge on any atom is -0.444 e. The Kier molecular flexibility index (Phi) is 12.4. The summed E-state index contributed by atoms with van der Waals surface area (Å²) in [6.07, 6.45) is -2.32. The third kappa shape index (κ3) is 11.2. The Morgan fingerprint density at radius 2 is 1.58 bits per heavy atom. The van der Waals surface area contributed by atoms with Crippen molar-refractivity contribution in [3.05, 3.63) is 82.0 Å². The minimum atomic E-state index is -4.59. The number of amides is 4. The first-order chi connectivity index (χ1) is 25.8. The maximum Gasteiger partial charge on any atom is 0.408 e. The molecule has 1 aliphatic rings. The van der Waals surface area contributed by atoms with E-state index in [0.29, 0.717) is 60.2 Å². The Morgan fingerprint density at radius 1 is 0.909 bits per heavy atom. The number of H-pyrrole nitrogens is 2. The third-order valence-electron chi connectivity index (χ3n) is 9.43. The number of fused-ring (bicyclic) bond motifs is 1. The highest BCUT2D eigenvalue weighted by Crippen LogP contribution is 2.29. The zero-order valence-electron chi connectivity index (χ0n) is 31.3. The second kappa shape index (κ2) is 16.8. The highest BCUT2D eigenvalue weighted by atomic mass is 19.4. The molecule has 4 amide bonds. The van der Waals surface area contributed by atoms with Crippen LogP contribution in [0.5, 0.6) is 0 Å². The van der Waals surface area contributed by atoms with Crippen LogP contribution in [0.2, 0.25) is 0 Å². The van der Waals surface area contributed by atoms with Gasteiger partial charge < -0.3 is 36.0 Å². The standard InChI is InChI=1S/C39H46F3N7O6/c1-21-28(15-17-30(44-21)34(51)45-22(2)39(40,41)42)25-10-6-23(7-11-25)18-32(35(52)46-27-14-16-29-31(19-27)49-36(53)48-29)47-33(50)26-12-8-24(9-13-26)20-43-37(54)55-38(3,4)5/h6-7,10-11,14-17,19,22,24,26,32H,8-9,12-13,18,20H2,1-5H3,(H,43,54)(H,45,51)(H,46,52)(H,47,50)(H2,48,49,53)/t22?,24-,26-,32-/m0/s1. The molecular formula is C39H46F3N7O6. The quantitative estimate of drug-likeness (QED) is 0.110. The molecule has 6 N–H and O–H groups in total. The van der Waals surface area contributed by atoms with E-state index in [0.717, 1.165) is 18.1 Å². The number of aromatic amines is 2. The van der Waals surface area contributed by atoms with E-state index in [-0.39, 0.29) is 35.5 Å². The van der Waals surface area contributed by atoms with Gasteiger partial charge >= 0.3 is 18.0 Å². The SMILES string of the molecule is Cc1nc(C(=O)NC(C)C(F)(F)F)ccc1-c1ccc(C[C@H](NC(=O)[C@H]2CC[C@H](CNC(=O)OC(C)(C)C)CC2)C(=O)Nc2ccc3[nH]c(=O)[nH]c3c2)cc1. The van der Waals surface area contributed by atoms with Crippen LogP contribution in [0.3, 0.4) is 0 Å². The van der Waals surface area contributed by atoms with Gasteiger partial charge in [0.2, 0.25) is 11.8 Å². The van der Waals surface area contributed by atoms with Gasteiger partial charge in [-0.3, -0.25) is 14.4 Å². The summed E-state index contributed by atoms with van der Waals surface area (Å²) in [6.45, 7) is 8.32. The number of nitrogens with zero attached hydrogens (tertiary/aromatic N) is 1. The van der Waals surface area contributed by atoms with Crippen molar-refractivity contribution in [2.24, 2.45) is 11.8 Å². The zero-order chi connectivity index (χ0) is 40.1. The number of anilines is 1. The summed E-state index contributed by atoms with van der Waals surface area (Å²) in [6, 6.07) is 12.1. The van der Waals surface area contributed by atoms with Crippen molar-refractivity contribution in [2.75, 3.05) is 11.9 Å². The molecule has 1 saturated carbocycles. The Labute approximate surface area is 315 Å². The van der Waals surface area contributed by atoms with Crippen LogP contribution in [0, 0.1) is 18.8 Å². The molecule has 1 fully saturated rings. The minimum absolute atomic E-state index is 0.143. The van der Waals surface area contributed by atoms with Crippen molar-refractivity contribution >= 4 is 40.5 Å². The molecule has 2 aromatic heterocycles. The number of pyridine rings is 1.